The third-order valence-electron chi connectivity index (χ3n) is 2.96. The lowest BCUT2D eigenvalue weighted by Crippen LogP contribution is -2.12. The van der Waals surface area contributed by atoms with Gasteiger partial charge in [-0.1, -0.05) is 26.2 Å². The summed E-state index contributed by atoms with van der Waals surface area (Å²) in [6.45, 7) is 7.72. The van der Waals surface area contributed by atoms with E-state index in [1.54, 1.807) is 0 Å². The third-order valence-corrected chi connectivity index (χ3v) is 3.27. The molecule has 0 amide bonds. The van der Waals surface area contributed by atoms with Crippen LogP contribution in [0, 0.1) is 0 Å². The number of rotatable bonds is 18. The van der Waals surface area contributed by atoms with Crippen LogP contribution in [-0.4, -0.2) is 58.6 Å². The molecular weight excluding hydrogens is 288 g/mol. The van der Waals surface area contributed by atoms with Crippen molar-refractivity contribution >= 4 is 12.6 Å². The fourth-order valence-electron chi connectivity index (χ4n) is 1.68. The zero-order valence-corrected chi connectivity index (χ0v) is 14.6. The van der Waals surface area contributed by atoms with Gasteiger partial charge in [0.2, 0.25) is 0 Å². The van der Waals surface area contributed by atoms with Gasteiger partial charge in [-0.15, -0.1) is 0 Å². The van der Waals surface area contributed by atoms with Crippen LogP contribution in [-0.2, 0) is 18.9 Å². The molecule has 0 saturated heterocycles. The summed E-state index contributed by atoms with van der Waals surface area (Å²) < 4.78 is 21.7. The second-order valence-corrected chi connectivity index (χ2v) is 5.39. The van der Waals surface area contributed by atoms with Gasteiger partial charge in [-0.05, 0) is 25.0 Å². The molecule has 21 heavy (non-hydrogen) atoms. The van der Waals surface area contributed by atoms with E-state index >= 15 is 0 Å². The number of hydrogen-bond donors (Lipinski definition) is 1. The Balaban J connectivity index is 2.90. The normalized spacial score (nSPS) is 11.1. The second kappa shape index (κ2) is 20.2. The average Bonchev–Trinajstić information content (AvgIpc) is 2.50. The molecule has 0 radical (unpaired) electrons. The molecule has 0 aromatic carbocycles. The first-order valence-corrected chi connectivity index (χ1v) is 8.97. The summed E-state index contributed by atoms with van der Waals surface area (Å²) in [6.07, 6.45) is 7.12. The molecule has 0 heterocycles. The Morgan fingerprint density at radius 1 is 0.524 bits per heavy atom. The largest absolute Gasteiger partial charge is 0.379 e. The summed E-state index contributed by atoms with van der Waals surface area (Å²) in [6, 6.07) is 0. The summed E-state index contributed by atoms with van der Waals surface area (Å²) in [5.74, 6) is 0.988. The zero-order chi connectivity index (χ0) is 15.4. The van der Waals surface area contributed by atoms with E-state index in [0.29, 0.717) is 39.6 Å². The molecule has 0 fully saturated rings. The molecule has 0 unspecified atom stereocenters. The lowest BCUT2D eigenvalue weighted by atomic mass is 10.2. The minimum Gasteiger partial charge on any atom is -0.379 e. The molecule has 0 aromatic heterocycles. The van der Waals surface area contributed by atoms with Crippen LogP contribution < -0.4 is 0 Å². The van der Waals surface area contributed by atoms with Gasteiger partial charge in [-0.2, -0.15) is 12.6 Å². The average molecular weight is 323 g/mol. The van der Waals surface area contributed by atoms with Crippen LogP contribution in [0.25, 0.3) is 0 Å². The standard InChI is InChI=1S/C16H34O4S/c1-2-3-8-17-10-12-19-14-15-20-13-11-18-9-6-4-5-7-16-21/h21H,2-16H2,1H3. The second-order valence-electron chi connectivity index (χ2n) is 4.94. The molecule has 5 heteroatoms. The van der Waals surface area contributed by atoms with Crippen molar-refractivity contribution in [3.63, 3.8) is 0 Å². The minimum absolute atomic E-state index is 0.625. The number of thiol groups is 1. The highest BCUT2D eigenvalue weighted by Crippen LogP contribution is 2.00. The summed E-state index contributed by atoms with van der Waals surface area (Å²) in [5.41, 5.74) is 0. The summed E-state index contributed by atoms with van der Waals surface area (Å²) in [7, 11) is 0. The maximum absolute atomic E-state index is 5.49. The van der Waals surface area contributed by atoms with Gasteiger partial charge in [-0.3, -0.25) is 0 Å². The Bertz CT molecular complexity index is 164. The Morgan fingerprint density at radius 2 is 0.952 bits per heavy atom. The van der Waals surface area contributed by atoms with Crippen LogP contribution in [0.15, 0.2) is 0 Å². The Labute approximate surface area is 136 Å². The van der Waals surface area contributed by atoms with E-state index in [0.717, 1.165) is 31.8 Å². The van der Waals surface area contributed by atoms with Crippen molar-refractivity contribution in [1.29, 1.82) is 0 Å². The quantitative estimate of drug-likeness (QED) is 0.310. The fourth-order valence-corrected chi connectivity index (χ4v) is 1.90. The van der Waals surface area contributed by atoms with Crippen LogP contribution in [0.1, 0.15) is 45.4 Å². The van der Waals surface area contributed by atoms with E-state index in [9.17, 15) is 0 Å². The third kappa shape index (κ3) is 20.2. The van der Waals surface area contributed by atoms with Gasteiger partial charge < -0.3 is 18.9 Å². The molecule has 4 nitrogen and oxygen atoms in total. The molecular formula is C16H34O4S. The molecule has 0 N–H and O–H groups in total. The van der Waals surface area contributed by atoms with E-state index in [1.165, 1.54) is 25.7 Å². The van der Waals surface area contributed by atoms with E-state index in [2.05, 4.69) is 19.6 Å². The molecule has 0 bridgehead atoms. The Kier molecular flexibility index (Phi) is 20.4. The van der Waals surface area contributed by atoms with Gasteiger partial charge in [0.1, 0.15) is 0 Å². The van der Waals surface area contributed by atoms with E-state index in [4.69, 9.17) is 18.9 Å². The molecule has 0 atom stereocenters. The van der Waals surface area contributed by atoms with E-state index < -0.39 is 0 Å². The topological polar surface area (TPSA) is 36.9 Å². The van der Waals surface area contributed by atoms with Crippen molar-refractivity contribution in [1.82, 2.24) is 0 Å². The number of hydrogen-bond acceptors (Lipinski definition) is 5. The summed E-state index contributed by atoms with van der Waals surface area (Å²) in [4.78, 5) is 0. The number of ether oxygens (including phenoxy) is 4. The Morgan fingerprint density at radius 3 is 1.43 bits per heavy atom. The van der Waals surface area contributed by atoms with Crippen LogP contribution in [0.3, 0.4) is 0 Å². The van der Waals surface area contributed by atoms with Crippen LogP contribution in [0.2, 0.25) is 0 Å². The molecule has 128 valence electrons. The van der Waals surface area contributed by atoms with E-state index in [1.807, 2.05) is 0 Å². The Hall–Kier alpha value is 0.190. The molecule has 0 aliphatic heterocycles. The fraction of sp³-hybridized carbons (Fsp3) is 1.00. The molecule has 0 rings (SSSR count). The van der Waals surface area contributed by atoms with Crippen molar-refractivity contribution in [2.24, 2.45) is 0 Å². The van der Waals surface area contributed by atoms with Crippen LogP contribution in [0.4, 0.5) is 0 Å². The van der Waals surface area contributed by atoms with Gasteiger partial charge in [0.15, 0.2) is 0 Å². The SMILES string of the molecule is CCCCOCCOCCOCCOCCCCCCS. The summed E-state index contributed by atoms with van der Waals surface area (Å²) >= 11 is 4.19. The predicted octanol–water partition coefficient (Wildman–Crippen LogP) is 3.34. The molecule has 0 aliphatic rings. The van der Waals surface area contributed by atoms with Gasteiger partial charge in [-0.25, -0.2) is 0 Å². The van der Waals surface area contributed by atoms with Crippen LogP contribution in [0.5, 0.6) is 0 Å². The maximum atomic E-state index is 5.49. The highest BCUT2D eigenvalue weighted by atomic mass is 32.1. The predicted molar refractivity (Wildman–Crippen MR) is 90.5 cm³/mol. The molecule has 0 aromatic rings. The lowest BCUT2D eigenvalue weighted by molar-refractivity contribution is -0.00237. The first kappa shape index (κ1) is 21.2. The monoisotopic (exact) mass is 322 g/mol. The smallest absolute Gasteiger partial charge is 0.0701 e. The minimum atomic E-state index is 0.625. The van der Waals surface area contributed by atoms with E-state index in [-0.39, 0.29) is 0 Å². The molecule has 0 spiro atoms. The van der Waals surface area contributed by atoms with Gasteiger partial charge in [0.25, 0.3) is 0 Å². The molecule has 0 aliphatic carbocycles. The first-order chi connectivity index (χ1) is 10.4. The van der Waals surface area contributed by atoms with Gasteiger partial charge in [0, 0.05) is 13.2 Å². The lowest BCUT2D eigenvalue weighted by Gasteiger charge is -2.07. The van der Waals surface area contributed by atoms with Crippen molar-refractivity contribution in [2.75, 3.05) is 58.6 Å². The van der Waals surface area contributed by atoms with Crippen molar-refractivity contribution in [3.8, 4) is 0 Å². The zero-order valence-electron chi connectivity index (χ0n) is 13.7. The van der Waals surface area contributed by atoms with Crippen molar-refractivity contribution in [3.05, 3.63) is 0 Å². The molecule has 0 saturated carbocycles. The maximum Gasteiger partial charge on any atom is 0.0701 e. The highest BCUT2D eigenvalue weighted by molar-refractivity contribution is 7.80. The van der Waals surface area contributed by atoms with Gasteiger partial charge >= 0.3 is 0 Å². The van der Waals surface area contributed by atoms with Crippen molar-refractivity contribution < 1.29 is 18.9 Å². The summed E-state index contributed by atoms with van der Waals surface area (Å²) in [5, 5.41) is 0. The van der Waals surface area contributed by atoms with Gasteiger partial charge in [0.05, 0.1) is 39.6 Å². The van der Waals surface area contributed by atoms with Crippen molar-refractivity contribution in [2.45, 2.75) is 45.4 Å². The first-order valence-electron chi connectivity index (χ1n) is 8.33. The van der Waals surface area contributed by atoms with Crippen LogP contribution >= 0.6 is 12.6 Å². The highest BCUT2D eigenvalue weighted by Gasteiger charge is 1.93. The number of unbranched alkanes of at least 4 members (excludes halogenated alkanes) is 4.